The summed E-state index contributed by atoms with van der Waals surface area (Å²) in [6.45, 7) is 7.00. The highest BCUT2D eigenvalue weighted by Crippen LogP contribution is 2.38. The maximum Gasteiger partial charge on any atom is 0.136 e. The zero-order chi connectivity index (χ0) is 16.0. The normalized spacial score (nSPS) is 19.0. The predicted octanol–water partition coefficient (Wildman–Crippen LogP) is 3.88. The van der Waals surface area contributed by atoms with Gasteiger partial charge in [-0.3, -0.25) is 0 Å². The molecule has 1 fully saturated rings. The number of benzene rings is 2. The lowest BCUT2D eigenvalue weighted by Crippen LogP contribution is -2.61. The van der Waals surface area contributed by atoms with Crippen LogP contribution in [0.1, 0.15) is 26.3 Å². The molecule has 0 bridgehead atoms. The summed E-state index contributed by atoms with van der Waals surface area (Å²) in [5, 5.41) is 2.34. The molecular formula is C17H20BrNO2S. The Morgan fingerprint density at radius 1 is 1.23 bits per heavy atom. The molecule has 1 aliphatic rings. The van der Waals surface area contributed by atoms with Crippen molar-refractivity contribution in [2.75, 3.05) is 13.2 Å². The molecule has 1 aliphatic heterocycles. The van der Waals surface area contributed by atoms with Crippen LogP contribution in [0.2, 0.25) is 0 Å². The number of halogens is 1. The fourth-order valence-electron chi connectivity index (χ4n) is 2.58. The van der Waals surface area contributed by atoms with Gasteiger partial charge in [0.05, 0.1) is 13.2 Å². The SMILES string of the molecule is CC(C)(C)[S+]([O-])NC1(c2cc(Br)cc3ccccc23)COC1. The van der Waals surface area contributed by atoms with E-state index in [4.69, 9.17) is 4.74 Å². The highest BCUT2D eigenvalue weighted by Gasteiger charge is 2.47. The lowest BCUT2D eigenvalue weighted by atomic mass is 9.85. The van der Waals surface area contributed by atoms with Crippen LogP contribution >= 0.6 is 15.9 Å². The third kappa shape index (κ3) is 2.93. The second-order valence-electron chi connectivity index (χ2n) is 6.73. The van der Waals surface area contributed by atoms with Gasteiger partial charge in [-0.1, -0.05) is 40.2 Å². The fraction of sp³-hybridized carbons (Fsp3) is 0.412. The summed E-state index contributed by atoms with van der Waals surface area (Å²) in [5.74, 6) is 0. The summed E-state index contributed by atoms with van der Waals surface area (Å²) >= 11 is 2.44. The Kier molecular flexibility index (Phi) is 4.29. The Bertz CT molecular complexity index is 695. The van der Waals surface area contributed by atoms with Gasteiger partial charge in [-0.05, 0) is 49.2 Å². The van der Waals surface area contributed by atoms with Gasteiger partial charge >= 0.3 is 0 Å². The number of ether oxygens (including phenoxy) is 1. The molecule has 0 spiro atoms. The summed E-state index contributed by atoms with van der Waals surface area (Å²) in [5.41, 5.74) is 0.753. The minimum atomic E-state index is -1.15. The van der Waals surface area contributed by atoms with E-state index in [0.29, 0.717) is 13.2 Å². The first-order chi connectivity index (χ1) is 10.3. The van der Waals surface area contributed by atoms with Crippen molar-refractivity contribution < 1.29 is 9.29 Å². The number of nitrogens with one attached hydrogen (secondary N) is 1. The van der Waals surface area contributed by atoms with Crippen LogP contribution in [0.15, 0.2) is 40.9 Å². The molecule has 0 aromatic heterocycles. The molecule has 0 saturated carbocycles. The molecular weight excluding hydrogens is 362 g/mol. The first-order valence-corrected chi connectivity index (χ1v) is 9.22. The van der Waals surface area contributed by atoms with Gasteiger partial charge in [-0.15, -0.1) is 4.72 Å². The van der Waals surface area contributed by atoms with Gasteiger partial charge in [-0.25, -0.2) is 0 Å². The van der Waals surface area contributed by atoms with Gasteiger partial charge < -0.3 is 9.29 Å². The molecule has 1 unspecified atom stereocenters. The quantitative estimate of drug-likeness (QED) is 0.820. The molecule has 1 N–H and O–H groups in total. The summed E-state index contributed by atoms with van der Waals surface area (Å²) in [6, 6.07) is 12.5. The van der Waals surface area contributed by atoms with Gasteiger partial charge in [0, 0.05) is 15.8 Å². The Morgan fingerprint density at radius 3 is 2.50 bits per heavy atom. The summed E-state index contributed by atoms with van der Waals surface area (Å²) in [7, 11) is 0. The van der Waals surface area contributed by atoms with Crippen molar-refractivity contribution in [3.05, 3.63) is 46.4 Å². The lowest BCUT2D eigenvalue weighted by molar-refractivity contribution is -0.0659. The Balaban J connectivity index is 2.07. The maximum atomic E-state index is 12.6. The smallest absolute Gasteiger partial charge is 0.136 e. The standard InChI is InChI=1S/C17H20BrNO2S/c1-16(2,3)22(20)19-17(10-21-11-17)15-9-13(18)8-12-6-4-5-7-14(12)15/h4-9,19H,10-11H2,1-3H3. The first kappa shape index (κ1) is 16.3. The van der Waals surface area contributed by atoms with E-state index in [0.717, 1.165) is 10.0 Å². The molecule has 2 aromatic carbocycles. The van der Waals surface area contributed by atoms with Crippen molar-refractivity contribution >= 4 is 38.1 Å². The molecule has 0 amide bonds. The van der Waals surface area contributed by atoms with E-state index in [9.17, 15) is 4.55 Å². The van der Waals surface area contributed by atoms with E-state index in [2.05, 4.69) is 44.9 Å². The van der Waals surface area contributed by atoms with Crippen molar-refractivity contribution in [1.82, 2.24) is 4.72 Å². The van der Waals surface area contributed by atoms with E-state index >= 15 is 0 Å². The maximum absolute atomic E-state index is 12.6. The van der Waals surface area contributed by atoms with E-state index in [1.54, 1.807) is 0 Å². The molecule has 1 saturated heterocycles. The van der Waals surface area contributed by atoms with Crippen LogP contribution < -0.4 is 4.72 Å². The second-order valence-corrected chi connectivity index (χ2v) is 9.61. The molecule has 2 aromatic rings. The van der Waals surface area contributed by atoms with Crippen LogP contribution in [0.5, 0.6) is 0 Å². The van der Waals surface area contributed by atoms with Crippen LogP contribution in [0, 0.1) is 0 Å². The van der Waals surface area contributed by atoms with E-state index in [1.165, 1.54) is 10.8 Å². The van der Waals surface area contributed by atoms with Crippen molar-refractivity contribution in [2.45, 2.75) is 31.1 Å². The Hall–Kier alpha value is -0.590. The molecule has 0 radical (unpaired) electrons. The van der Waals surface area contributed by atoms with Gasteiger partial charge in [0.1, 0.15) is 10.3 Å². The fourth-order valence-corrected chi connectivity index (χ4v) is 3.94. The van der Waals surface area contributed by atoms with E-state index in [-0.39, 0.29) is 10.3 Å². The van der Waals surface area contributed by atoms with Gasteiger partial charge in [0.25, 0.3) is 0 Å². The number of rotatable bonds is 3. The van der Waals surface area contributed by atoms with Gasteiger partial charge in [0.15, 0.2) is 0 Å². The average molecular weight is 382 g/mol. The summed E-state index contributed by atoms with van der Waals surface area (Å²) < 4.78 is 22.1. The van der Waals surface area contributed by atoms with Crippen molar-refractivity contribution in [1.29, 1.82) is 0 Å². The number of hydrogen-bond donors (Lipinski definition) is 1. The van der Waals surface area contributed by atoms with Crippen LogP contribution in [0.4, 0.5) is 0 Å². The third-order valence-electron chi connectivity index (χ3n) is 3.88. The zero-order valence-electron chi connectivity index (χ0n) is 13.0. The molecule has 1 atom stereocenters. The van der Waals surface area contributed by atoms with Gasteiger partial charge in [-0.2, -0.15) is 0 Å². The largest absolute Gasteiger partial charge is 0.598 e. The van der Waals surface area contributed by atoms with Crippen LogP contribution in [-0.4, -0.2) is 22.5 Å². The Morgan fingerprint density at radius 2 is 1.91 bits per heavy atom. The molecule has 3 rings (SSSR count). The molecule has 3 nitrogen and oxygen atoms in total. The second kappa shape index (κ2) is 5.80. The molecule has 118 valence electrons. The Labute approximate surface area is 142 Å². The topological polar surface area (TPSA) is 44.3 Å². The van der Waals surface area contributed by atoms with Crippen molar-refractivity contribution in [3.8, 4) is 0 Å². The van der Waals surface area contributed by atoms with Crippen molar-refractivity contribution in [3.63, 3.8) is 0 Å². The highest BCUT2D eigenvalue weighted by atomic mass is 79.9. The van der Waals surface area contributed by atoms with Crippen LogP contribution in [0.3, 0.4) is 0 Å². The van der Waals surface area contributed by atoms with E-state index in [1.807, 2.05) is 32.9 Å². The number of fused-ring (bicyclic) bond motifs is 1. The minimum Gasteiger partial charge on any atom is -0.598 e. The summed E-state index contributed by atoms with van der Waals surface area (Å²) in [6.07, 6.45) is 0. The number of hydrogen-bond acceptors (Lipinski definition) is 3. The van der Waals surface area contributed by atoms with Gasteiger partial charge in [0.2, 0.25) is 0 Å². The monoisotopic (exact) mass is 381 g/mol. The van der Waals surface area contributed by atoms with Crippen LogP contribution in [-0.2, 0) is 21.6 Å². The molecule has 22 heavy (non-hydrogen) atoms. The van der Waals surface area contributed by atoms with E-state index < -0.39 is 11.4 Å². The average Bonchev–Trinajstić information content (AvgIpc) is 2.40. The van der Waals surface area contributed by atoms with Crippen LogP contribution in [0.25, 0.3) is 10.8 Å². The predicted molar refractivity (Wildman–Crippen MR) is 95.2 cm³/mol. The molecule has 5 heteroatoms. The molecule has 0 aliphatic carbocycles. The van der Waals surface area contributed by atoms with Crippen molar-refractivity contribution in [2.24, 2.45) is 0 Å². The third-order valence-corrected chi connectivity index (χ3v) is 6.03. The first-order valence-electron chi connectivity index (χ1n) is 7.28. The minimum absolute atomic E-state index is 0.315. The molecule has 1 heterocycles. The highest BCUT2D eigenvalue weighted by molar-refractivity contribution is 9.10. The zero-order valence-corrected chi connectivity index (χ0v) is 15.4. The lowest BCUT2D eigenvalue weighted by Gasteiger charge is -2.44. The summed E-state index contributed by atoms with van der Waals surface area (Å²) in [4.78, 5) is 0.